The second-order valence-electron chi connectivity index (χ2n) is 6.37. The summed E-state index contributed by atoms with van der Waals surface area (Å²) in [7, 11) is 0. The molecule has 1 aromatic carbocycles. The monoisotopic (exact) mass is 320 g/mol. The molecule has 1 unspecified atom stereocenters. The van der Waals surface area contributed by atoms with Crippen molar-refractivity contribution in [3.8, 4) is 5.75 Å². The first kappa shape index (κ1) is 18.2. The van der Waals surface area contributed by atoms with Crippen LogP contribution in [0.4, 0.5) is 0 Å². The largest absolute Gasteiger partial charge is 0.494 e. The van der Waals surface area contributed by atoms with Crippen LogP contribution in [-0.2, 0) is 0 Å². The van der Waals surface area contributed by atoms with Crippen LogP contribution in [-0.4, -0.2) is 49.3 Å². The van der Waals surface area contributed by atoms with Gasteiger partial charge in [0.05, 0.1) is 12.7 Å². The highest BCUT2D eigenvalue weighted by atomic mass is 16.5. The molecule has 1 saturated heterocycles. The topological polar surface area (TPSA) is 44.7 Å². The molecule has 4 heteroatoms. The van der Waals surface area contributed by atoms with E-state index in [9.17, 15) is 5.11 Å². The molecule has 4 nitrogen and oxygen atoms in total. The zero-order valence-corrected chi connectivity index (χ0v) is 14.5. The van der Waals surface area contributed by atoms with Crippen LogP contribution in [0.5, 0.6) is 5.75 Å². The maximum absolute atomic E-state index is 10.3. The van der Waals surface area contributed by atoms with Crippen molar-refractivity contribution in [2.45, 2.75) is 45.1 Å². The number of nitrogens with one attached hydrogen (secondary N) is 1. The number of nitrogens with zero attached hydrogens (tertiary/aromatic N) is 1. The van der Waals surface area contributed by atoms with E-state index in [0.717, 1.165) is 63.5 Å². The molecule has 0 radical (unpaired) electrons. The van der Waals surface area contributed by atoms with Crippen molar-refractivity contribution >= 4 is 0 Å². The lowest BCUT2D eigenvalue weighted by Gasteiger charge is -2.28. The Morgan fingerprint density at radius 2 is 1.87 bits per heavy atom. The number of unbranched alkanes of at least 4 members (excludes halogenated alkanes) is 3. The normalized spacial score (nSPS) is 17.1. The summed E-state index contributed by atoms with van der Waals surface area (Å²) in [6.45, 7) is 8.23. The second-order valence-corrected chi connectivity index (χ2v) is 6.37. The molecule has 0 aliphatic carbocycles. The van der Waals surface area contributed by atoms with E-state index in [4.69, 9.17) is 4.74 Å². The SMILES string of the molecule is CCCCCCOc1ccc(C(O)CCN2CCNCC2)cc1. The fourth-order valence-corrected chi connectivity index (χ4v) is 2.91. The highest BCUT2D eigenvalue weighted by Gasteiger charge is 2.13. The summed E-state index contributed by atoms with van der Waals surface area (Å²) in [5, 5.41) is 13.7. The van der Waals surface area contributed by atoms with Crippen molar-refractivity contribution in [2.24, 2.45) is 0 Å². The van der Waals surface area contributed by atoms with Gasteiger partial charge in [-0.15, -0.1) is 0 Å². The van der Waals surface area contributed by atoms with Crippen molar-refractivity contribution in [1.29, 1.82) is 0 Å². The molecule has 2 rings (SSSR count). The minimum absolute atomic E-state index is 0.386. The maximum atomic E-state index is 10.3. The molecule has 1 aliphatic rings. The van der Waals surface area contributed by atoms with Gasteiger partial charge in [-0.1, -0.05) is 38.3 Å². The Kier molecular flexibility index (Phi) is 8.43. The zero-order valence-electron chi connectivity index (χ0n) is 14.5. The molecule has 23 heavy (non-hydrogen) atoms. The van der Waals surface area contributed by atoms with Crippen LogP contribution >= 0.6 is 0 Å². The molecule has 1 heterocycles. The quantitative estimate of drug-likeness (QED) is 0.651. The summed E-state index contributed by atoms with van der Waals surface area (Å²) < 4.78 is 5.75. The van der Waals surface area contributed by atoms with Gasteiger partial charge in [0.25, 0.3) is 0 Å². The third kappa shape index (κ3) is 6.90. The lowest BCUT2D eigenvalue weighted by molar-refractivity contribution is 0.136. The number of hydrogen-bond acceptors (Lipinski definition) is 4. The number of piperazine rings is 1. The Labute approximate surface area is 140 Å². The number of aliphatic hydroxyl groups is 1. The molecule has 130 valence electrons. The van der Waals surface area contributed by atoms with Crippen molar-refractivity contribution in [1.82, 2.24) is 10.2 Å². The first-order valence-corrected chi connectivity index (χ1v) is 9.13. The predicted molar refractivity (Wildman–Crippen MR) is 95.0 cm³/mol. The molecule has 0 bridgehead atoms. The zero-order chi connectivity index (χ0) is 16.3. The molecule has 0 amide bonds. The third-order valence-corrected chi connectivity index (χ3v) is 4.46. The molecule has 1 aromatic rings. The van der Waals surface area contributed by atoms with E-state index in [-0.39, 0.29) is 6.10 Å². The summed E-state index contributed by atoms with van der Waals surface area (Å²) in [5.41, 5.74) is 0.985. The molecule has 2 N–H and O–H groups in total. The molecule has 0 spiro atoms. The summed E-state index contributed by atoms with van der Waals surface area (Å²) in [6, 6.07) is 7.93. The highest BCUT2D eigenvalue weighted by molar-refractivity contribution is 5.28. The Balaban J connectivity index is 1.68. The van der Waals surface area contributed by atoms with Crippen LogP contribution in [0, 0.1) is 0 Å². The average Bonchev–Trinajstić information content (AvgIpc) is 2.61. The van der Waals surface area contributed by atoms with Gasteiger partial charge < -0.3 is 20.1 Å². The minimum atomic E-state index is -0.386. The maximum Gasteiger partial charge on any atom is 0.119 e. The molecular weight excluding hydrogens is 288 g/mol. The number of rotatable bonds is 10. The first-order valence-electron chi connectivity index (χ1n) is 9.13. The van der Waals surface area contributed by atoms with Crippen LogP contribution < -0.4 is 10.1 Å². The third-order valence-electron chi connectivity index (χ3n) is 4.46. The van der Waals surface area contributed by atoms with Crippen molar-refractivity contribution in [2.75, 3.05) is 39.3 Å². The lowest BCUT2D eigenvalue weighted by atomic mass is 10.1. The van der Waals surface area contributed by atoms with Gasteiger partial charge in [0.1, 0.15) is 5.75 Å². The van der Waals surface area contributed by atoms with Crippen molar-refractivity contribution in [3.05, 3.63) is 29.8 Å². The Hall–Kier alpha value is -1.10. The van der Waals surface area contributed by atoms with E-state index in [0.29, 0.717) is 0 Å². The number of benzene rings is 1. The summed E-state index contributed by atoms with van der Waals surface area (Å²) in [5.74, 6) is 0.902. The van der Waals surface area contributed by atoms with Crippen molar-refractivity contribution < 1.29 is 9.84 Å². The Morgan fingerprint density at radius 3 is 2.57 bits per heavy atom. The molecule has 0 saturated carbocycles. The number of hydrogen-bond donors (Lipinski definition) is 2. The van der Waals surface area contributed by atoms with E-state index in [1.807, 2.05) is 24.3 Å². The Bertz CT molecular complexity index is 416. The molecule has 1 fully saturated rings. The fraction of sp³-hybridized carbons (Fsp3) is 0.684. The summed E-state index contributed by atoms with van der Waals surface area (Å²) >= 11 is 0. The predicted octanol–water partition coefficient (Wildman–Crippen LogP) is 2.97. The van der Waals surface area contributed by atoms with Gasteiger partial charge >= 0.3 is 0 Å². The summed E-state index contributed by atoms with van der Waals surface area (Å²) in [4.78, 5) is 2.41. The van der Waals surface area contributed by atoms with E-state index in [1.54, 1.807) is 0 Å². The molecule has 0 aromatic heterocycles. The standard InChI is InChI=1S/C19H32N2O2/c1-2-3-4-5-16-23-18-8-6-17(7-9-18)19(22)10-13-21-14-11-20-12-15-21/h6-9,19-20,22H,2-5,10-16H2,1H3. The average molecular weight is 320 g/mol. The number of ether oxygens (including phenoxy) is 1. The molecule has 1 aliphatic heterocycles. The summed E-state index contributed by atoms with van der Waals surface area (Å²) in [6.07, 6.45) is 5.28. The van der Waals surface area contributed by atoms with Gasteiger partial charge in [-0.3, -0.25) is 0 Å². The van der Waals surface area contributed by atoms with Gasteiger partial charge in [-0.2, -0.15) is 0 Å². The van der Waals surface area contributed by atoms with Gasteiger partial charge in [0, 0.05) is 32.7 Å². The van der Waals surface area contributed by atoms with Gasteiger partial charge in [0.2, 0.25) is 0 Å². The van der Waals surface area contributed by atoms with Crippen LogP contribution in [0.2, 0.25) is 0 Å². The second kappa shape index (κ2) is 10.6. The van der Waals surface area contributed by atoms with E-state index in [2.05, 4.69) is 17.1 Å². The minimum Gasteiger partial charge on any atom is -0.494 e. The molecule has 1 atom stereocenters. The van der Waals surface area contributed by atoms with Crippen LogP contribution in [0.1, 0.15) is 50.7 Å². The highest BCUT2D eigenvalue weighted by Crippen LogP contribution is 2.21. The van der Waals surface area contributed by atoms with Crippen LogP contribution in [0.15, 0.2) is 24.3 Å². The smallest absolute Gasteiger partial charge is 0.119 e. The van der Waals surface area contributed by atoms with Crippen LogP contribution in [0.25, 0.3) is 0 Å². The fourth-order valence-electron chi connectivity index (χ4n) is 2.91. The van der Waals surface area contributed by atoms with E-state index < -0.39 is 0 Å². The van der Waals surface area contributed by atoms with Gasteiger partial charge in [-0.05, 0) is 30.5 Å². The molecular formula is C19H32N2O2. The van der Waals surface area contributed by atoms with Gasteiger partial charge in [0.15, 0.2) is 0 Å². The number of aliphatic hydroxyl groups excluding tert-OH is 1. The van der Waals surface area contributed by atoms with Crippen molar-refractivity contribution in [3.63, 3.8) is 0 Å². The Morgan fingerprint density at radius 1 is 1.13 bits per heavy atom. The lowest BCUT2D eigenvalue weighted by Crippen LogP contribution is -2.44. The van der Waals surface area contributed by atoms with Crippen LogP contribution in [0.3, 0.4) is 0 Å². The van der Waals surface area contributed by atoms with E-state index >= 15 is 0 Å². The van der Waals surface area contributed by atoms with Gasteiger partial charge in [-0.25, -0.2) is 0 Å². The van der Waals surface area contributed by atoms with E-state index in [1.165, 1.54) is 19.3 Å². The first-order chi connectivity index (χ1) is 11.3.